The molecule has 0 aliphatic heterocycles. The van der Waals surface area contributed by atoms with E-state index in [-0.39, 0.29) is 16.5 Å². The minimum atomic E-state index is -3.09. The van der Waals surface area contributed by atoms with E-state index in [1.54, 1.807) is 0 Å². The summed E-state index contributed by atoms with van der Waals surface area (Å²) in [4.78, 5) is 11.3. The van der Waals surface area contributed by atoms with Crippen molar-refractivity contribution in [3.05, 3.63) is 29.1 Å². The van der Waals surface area contributed by atoms with E-state index in [0.717, 1.165) is 19.2 Å². The summed E-state index contributed by atoms with van der Waals surface area (Å²) in [5.74, 6) is -2.07. The monoisotopic (exact) mass is 312 g/mol. The van der Waals surface area contributed by atoms with Gasteiger partial charge in [0.25, 0.3) is 0 Å². The molecular formula is C10H8BrF3O3. The van der Waals surface area contributed by atoms with Crippen LogP contribution in [-0.2, 0) is 10.1 Å². The summed E-state index contributed by atoms with van der Waals surface area (Å²) >= 11 is 3.00. The van der Waals surface area contributed by atoms with E-state index in [9.17, 15) is 18.0 Å². The van der Waals surface area contributed by atoms with Crippen LogP contribution < -0.4 is 4.74 Å². The zero-order chi connectivity index (χ0) is 13.0. The number of carbonyl (C=O) groups is 1. The number of alkyl halides is 3. The quantitative estimate of drug-likeness (QED) is 0.633. The Morgan fingerprint density at radius 2 is 2.12 bits per heavy atom. The molecule has 94 valence electrons. The minimum Gasteiger partial charge on any atom is -0.465 e. The Bertz CT molecular complexity index is 424. The lowest BCUT2D eigenvalue weighted by Gasteiger charge is -2.10. The highest BCUT2D eigenvalue weighted by Gasteiger charge is 2.18. The first-order chi connectivity index (χ1) is 7.99. The Morgan fingerprint density at radius 3 is 2.59 bits per heavy atom. The lowest BCUT2D eigenvalue weighted by Crippen LogP contribution is -2.09. The fourth-order valence-corrected chi connectivity index (χ4v) is 1.78. The number of esters is 1. The number of rotatable bonds is 4. The van der Waals surface area contributed by atoms with Crippen LogP contribution in [-0.4, -0.2) is 19.7 Å². The molecule has 0 heterocycles. The second kappa shape index (κ2) is 5.90. The predicted molar refractivity (Wildman–Crippen MR) is 57.0 cm³/mol. The maximum Gasteiger partial charge on any atom is 0.387 e. The Kier molecular flexibility index (Phi) is 4.80. The highest BCUT2D eigenvalue weighted by molar-refractivity contribution is 9.08. The Hall–Kier alpha value is -1.24. The second-order valence-electron chi connectivity index (χ2n) is 2.93. The van der Waals surface area contributed by atoms with Crippen LogP contribution in [0, 0.1) is 5.82 Å². The summed E-state index contributed by atoms with van der Waals surface area (Å²) in [5, 5.41) is 0.0538. The number of hydrogen-bond acceptors (Lipinski definition) is 3. The largest absolute Gasteiger partial charge is 0.465 e. The van der Waals surface area contributed by atoms with Crippen molar-refractivity contribution >= 4 is 21.9 Å². The van der Waals surface area contributed by atoms with Crippen LogP contribution in [0.25, 0.3) is 0 Å². The van der Waals surface area contributed by atoms with E-state index in [1.807, 2.05) is 0 Å². The van der Waals surface area contributed by atoms with Crippen molar-refractivity contribution in [3.8, 4) is 5.75 Å². The normalized spacial score (nSPS) is 10.5. The van der Waals surface area contributed by atoms with E-state index in [4.69, 9.17) is 0 Å². The van der Waals surface area contributed by atoms with Gasteiger partial charge in [0.2, 0.25) is 0 Å². The molecule has 0 saturated carbocycles. The first kappa shape index (κ1) is 13.8. The molecule has 0 radical (unpaired) electrons. The van der Waals surface area contributed by atoms with Gasteiger partial charge in [-0.15, -0.1) is 0 Å². The maximum atomic E-state index is 13.5. The summed E-state index contributed by atoms with van der Waals surface area (Å²) in [6.45, 7) is -3.09. The second-order valence-corrected chi connectivity index (χ2v) is 3.50. The molecular weight excluding hydrogens is 305 g/mol. The van der Waals surface area contributed by atoms with Crippen LogP contribution in [0.3, 0.4) is 0 Å². The van der Waals surface area contributed by atoms with Gasteiger partial charge >= 0.3 is 12.6 Å². The molecule has 0 bridgehead atoms. The molecule has 0 atom stereocenters. The van der Waals surface area contributed by atoms with Gasteiger partial charge in [-0.3, -0.25) is 0 Å². The van der Waals surface area contributed by atoms with Gasteiger partial charge in [-0.05, 0) is 6.07 Å². The average Bonchev–Trinajstić information content (AvgIpc) is 2.26. The summed E-state index contributed by atoms with van der Waals surface area (Å²) in [7, 11) is 1.11. The highest BCUT2D eigenvalue weighted by Crippen LogP contribution is 2.25. The average molecular weight is 313 g/mol. The SMILES string of the molecule is COC(=O)c1cc(OC(F)F)cc(F)c1CBr. The fourth-order valence-electron chi connectivity index (χ4n) is 1.21. The molecule has 0 aliphatic rings. The third-order valence-corrected chi connectivity index (χ3v) is 2.49. The molecule has 0 amide bonds. The zero-order valence-electron chi connectivity index (χ0n) is 8.68. The van der Waals surface area contributed by atoms with Crippen LogP contribution in [0.15, 0.2) is 12.1 Å². The number of hydrogen-bond donors (Lipinski definition) is 0. The topological polar surface area (TPSA) is 35.5 Å². The van der Waals surface area contributed by atoms with Crippen LogP contribution in [0.5, 0.6) is 5.75 Å². The molecule has 0 fully saturated rings. The van der Waals surface area contributed by atoms with Gasteiger partial charge in [-0.2, -0.15) is 8.78 Å². The lowest BCUT2D eigenvalue weighted by atomic mass is 10.1. The molecule has 1 aromatic rings. The van der Waals surface area contributed by atoms with E-state index >= 15 is 0 Å². The molecule has 0 unspecified atom stereocenters. The number of methoxy groups -OCH3 is 1. The zero-order valence-corrected chi connectivity index (χ0v) is 10.3. The van der Waals surface area contributed by atoms with Gasteiger partial charge in [-0.25, -0.2) is 9.18 Å². The molecule has 17 heavy (non-hydrogen) atoms. The summed E-state index contributed by atoms with van der Waals surface area (Å²) in [5.41, 5.74) is -0.126. The first-order valence-electron chi connectivity index (χ1n) is 4.41. The molecule has 3 nitrogen and oxygen atoms in total. The van der Waals surface area contributed by atoms with Crippen molar-refractivity contribution in [1.82, 2.24) is 0 Å². The van der Waals surface area contributed by atoms with E-state index < -0.39 is 24.1 Å². The van der Waals surface area contributed by atoms with Gasteiger partial charge in [0.05, 0.1) is 12.7 Å². The van der Waals surface area contributed by atoms with Crippen molar-refractivity contribution in [2.24, 2.45) is 0 Å². The Balaban J connectivity index is 3.23. The van der Waals surface area contributed by atoms with Crippen molar-refractivity contribution in [3.63, 3.8) is 0 Å². The Morgan fingerprint density at radius 1 is 1.47 bits per heavy atom. The maximum absolute atomic E-state index is 13.5. The van der Waals surface area contributed by atoms with Gasteiger partial charge < -0.3 is 9.47 Å². The number of halogens is 4. The van der Waals surface area contributed by atoms with E-state index in [0.29, 0.717) is 0 Å². The van der Waals surface area contributed by atoms with Crippen molar-refractivity contribution in [1.29, 1.82) is 0 Å². The lowest BCUT2D eigenvalue weighted by molar-refractivity contribution is -0.0500. The Labute approximate surface area is 104 Å². The standard InChI is InChI=1S/C10H8BrF3O3/c1-16-9(15)6-2-5(17-10(13)14)3-8(12)7(6)4-11/h2-3,10H,4H2,1H3. The van der Waals surface area contributed by atoms with E-state index in [2.05, 4.69) is 25.4 Å². The molecule has 0 aromatic heterocycles. The van der Waals surface area contributed by atoms with Crippen LogP contribution in [0.2, 0.25) is 0 Å². The molecule has 0 saturated heterocycles. The minimum absolute atomic E-state index is 0.0264. The third kappa shape index (κ3) is 3.36. The van der Waals surface area contributed by atoms with Crippen LogP contribution in [0.4, 0.5) is 13.2 Å². The molecule has 0 N–H and O–H groups in total. The molecule has 1 rings (SSSR count). The molecule has 7 heteroatoms. The summed E-state index contributed by atoms with van der Waals surface area (Å²) < 4.78 is 45.9. The predicted octanol–water partition coefficient (Wildman–Crippen LogP) is 3.11. The molecule has 1 aromatic carbocycles. The van der Waals surface area contributed by atoms with Gasteiger partial charge in [0.1, 0.15) is 11.6 Å². The molecule has 0 spiro atoms. The van der Waals surface area contributed by atoms with Crippen molar-refractivity contribution in [2.75, 3.05) is 7.11 Å². The first-order valence-corrected chi connectivity index (χ1v) is 5.53. The molecule has 0 aliphatic carbocycles. The summed E-state index contributed by atoms with van der Waals surface area (Å²) in [6.07, 6.45) is 0. The van der Waals surface area contributed by atoms with Crippen LogP contribution >= 0.6 is 15.9 Å². The van der Waals surface area contributed by atoms with Gasteiger partial charge in [0, 0.05) is 17.0 Å². The third-order valence-electron chi connectivity index (χ3n) is 1.93. The van der Waals surface area contributed by atoms with Gasteiger partial charge in [0.15, 0.2) is 0 Å². The number of ether oxygens (including phenoxy) is 2. The fraction of sp³-hybridized carbons (Fsp3) is 0.300. The smallest absolute Gasteiger partial charge is 0.387 e. The van der Waals surface area contributed by atoms with Crippen LogP contribution in [0.1, 0.15) is 15.9 Å². The summed E-state index contributed by atoms with van der Waals surface area (Å²) in [6, 6.07) is 1.80. The highest BCUT2D eigenvalue weighted by atomic mass is 79.9. The van der Waals surface area contributed by atoms with Gasteiger partial charge in [-0.1, -0.05) is 15.9 Å². The van der Waals surface area contributed by atoms with Crippen molar-refractivity contribution < 1.29 is 27.4 Å². The number of benzene rings is 1. The number of carbonyl (C=O) groups excluding carboxylic acids is 1. The van der Waals surface area contributed by atoms with E-state index in [1.165, 1.54) is 0 Å². The van der Waals surface area contributed by atoms with Crippen molar-refractivity contribution in [2.45, 2.75) is 11.9 Å².